The number of hydrogen-bond donors (Lipinski definition) is 1. The van der Waals surface area contributed by atoms with E-state index in [1.165, 1.54) is 22.5 Å². The van der Waals surface area contributed by atoms with Crippen molar-refractivity contribution in [2.45, 2.75) is 50.1 Å². The first-order valence-electron chi connectivity index (χ1n) is 9.66. The lowest BCUT2D eigenvalue weighted by molar-refractivity contribution is -0.140. The molecule has 170 valence electrons. The molecule has 0 saturated carbocycles. The van der Waals surface area contributed by atoms with Gasteiger partial charge >= 0.3 is 6.18 Å². The number of hydrogen-bond acceptors (Lipinski definition) is 5. The van der Waals surface area contributed by atoms with E-state index >= 15 is 0 Å². The zero-order valence-corrected chi connectivity index (χ0v) is 18.1. The maximum absolute atomic E-state index is 13.5. The maximum Gasteiger partial charge on any atom is 0.419 e. The molecule has 2 aromatic heterocycles. The van der Waals surface area contributed by atoms with Gasteiger partial charge in [0.15, 0.2) is 10.8 Å². The van der Waals surface area contributed by atoms with Crippen LogP contribution in [0.15, 0.2) is 34.3 Å². The molecule has 0 spiro atoms. The minimum absolute atomic E-state index is 0.154. The van der Waals surface area contributed by atoms with E-state index < -0.39 is 29.5 Å². The SMILES string of the molecule is CC(C)(C)n1ncc2c(=O)n3c(nc21)SCC3CC(=O)Nc1ccc(F)c(C(F)(F)F)c1. The van der Waals surface area contributed by atoms with Crippen molar-refractivity contribution in [1.82, 2.24) is 19.3 Å². The van der Waals surface area contributed by atoms with E-state index in [4.69, 9.17) is 0 Å². The summed E-state index contributed by atoms with van der Waals surface area (Å²) >= 11 is 1.32. The Morgan fingerprint density at radius 1 is 1.28 bits per heavy atom. The van der Waals surface area contributed by atoms with Crippen LogP contribution in [0.3, 0.4) is 0 Å². The van der Waals surface area contributed by atoms with Crippen LogP contribution in [0.2, 0.25) is 0 Å². The summed E-state index contributed by atoms with van der Waals surface area (Å²) in [6.45, 7) is 5.81. The van der Waals surface area contributed by atoms with Gasteiger partial charge in [0.05, 0.1) is 23.3 Å². The first-order valence-corrected chi connectivity index (χ1v) is 10.6. The number of carbonyl (C=O) groups is 1. The molecule has 1 aliphatic rings. The number of carbonyl (C=O) groups excluding carboxylic acids is 1. The van der Waals surface area contributed by atoms with Gasteiger partial charge in [-0.2, -0.15) is 18.3 Å². The van der Waals surface area contributed by atoms with E-state index in [1.807, 2.05) is 20.8 Å². The van der Waals surface area contributed by atoms with Crippen molar-refractivity contribution in [3.05, 3.63) is 46.1 Å². The highest BCUT2D eigenvalue weighted by Crippen LogP contribution is 2.35. The third-order valence-electron chi connectivity index (χ3n) is 4.98. The Morgan fingerprint density at radius 3 is 2.66 bits per heavy atom. The lowest BCUT2D eigenvalue weighted by Crippen LogP contribution is -2.29. The normalized spacial score (nSPS) is 16.4. The molecule has 1 N–H and O–H groups in total. The molecule has 1 aliphatic heterocycles. The fourth-order valence-corrected chi connectivity index (χ4v) is 4.65. The summed E-state index contributed by atoms with van der Waals surface area (Å²) in [5.74, 6) is -1.61. The van der Waals surface area contributed by atoms with Crippen molar-refractivity contribution in [3.63, 3.8) is 0 Å². The molecule has 1 unspecified atom stereocenters. The Hall–Kier alpha value is -2.89. The number of thioether (sulfide) groups is 1. The van der Waals surface area contributed by atoms with Crippen molar-refractivity contribution < 1.29 is 22.4 Å². The number of fused-ring (bicyclic) bond motifs is 2. The summed E-state index contributed by atoms with van der Waals surface area (Å²) in [6.07, 6.45) is -3.59. The molecule has 1 amide bonds. The van der Waals surface area contributed by atoms with Gasteiger partial charge in [0.2, 0.25) is 5.91 Å². The van der Waals surface area contributed by atoms with Gasteiger partial charge in [-0.15, -0.1) is 0 Å². The van der Waals surface area contributed by atoms with Crippen molar-refractivity contribution in [2.24, 2.45) is 0 Å². The second-order valence-electron chi connectivity index (χ2n) is 8.44. The largest absolute Gasteiger partial charge is 0.419 e. The molecule has 0 fully saturated rings. The molecular weight excluding hydrogens is 450 g/mol. The highest BCUT2D eigenvalue weighted by atomic mass is 32.2. The van der Waals surface area contributed by atoms with E-state index in [0.29, 0.717) is 34.1 Å². The van der Waals surface area contributed by atoms with Gasteiger partial charge < -0.3 is 5.32 Å². The summed E-state index contributed by atoms with van der Waals surface area (Å²) in [5.41, 5.74) is -1.90. The van der Waals surface area contributed by atoms with Crippen LogP contribution in [-0.2, 0) is 16.5 Å². The number of nitrogens with one attached hydrogen (secondary N) is 1. The number of halogens is 4. The molecule has 0 saturated heterocycles. The van der Waals surface area contributed by atoms with Crippen LogP contribution in [0.25, 0.3) is 11.0 Å². The molecule has 12 heteroatoms. The Kier molecular flexibility index (Phi) is 5.30. The standard InChI is InChI=1S/C20H19F4N5O2S/c1-19(2,3)29-16-12(8-25-29)17(31)28-11(9-32-18(28)27-16)7-15(30)26-10-4-5-14(21)13(6-10)20(22,23)24/h4-6,8,11H,7,9H2,1-3H3,(H,26,30). The van der Waals surface area contributed by atoms with Crippen LogP contribution in [0.5, 0.6) is 0 Å². The van der Waals surface area contributed by atoms with Crippen molar-refractivity contribution >= 4 is 34.4 Å². The van der Waals surface area contributed by atoms with Crippen LogP contribution in [0.4, 0.5) is 23.2 Å². The molecule has 4 rings (SSSR count). The third-order valence-corrected chi connectivity index (χ3v) is 6.08. The lowest BCUT2D eigenvalue weighted by Gasteiger charge is -2.20. The summed E-state index contributed by atoms with van der Waals surface area (Å²) in [6, 6.07) is 1.72. The van der Waals surface area contributed by atoms with Gasteiger partial charge in [-0.05, 0) is 39.0 Å². The molecule has 7 nitrogen and oxygen atoms in total. The molecule has 0 bridgehead atoms. The molecule has 3 heterocycles. The van der Waals surface area contributed by atoms with E-state index in [0.717, 1.165) is 6.07 Å². The Balaban J connectivity index is 1.58. The van der Waals surface area contributed by atoms with Crippen LogP contribution >= 0.6 is 11.8 Å². The molecule has 1 aromatic carbocycles. The first kappa shape index (κ1) is 22.3. The Bertz CT molecular complexity index is 1280. The number of benzene rings is 1. The predicted molar refractivity (Wildman–Crippen MR) is 111 cm³/mol. The smallest absolute Gasteiger partial charge is 0.326 e. The zero-order valence-electron chi connectivity index (χ0n) is 17.3. The fourth-order valence-electron chi connectivity index (χ4n) is 3.52. The lowest BCUT2D eigenvalue weighted by atomic mass is 10.1. The van der Waals surface area contributed by atoms with Gasteiger partial charge in [-0.1, -0.05) is 11.8 Å². The van der Waals surface area contributed by atoms with Gasteiger partial charge in [0, 0.05) is 17.9 Å². The topological polar surface area (TPSA) is 81.8 Å². The molecule has 32 heavy (non-hydrogen) atoms. The van der Waals surface area contributed by atoms with Crippen molar-refractivity contribution in [2.75, 3.05) is 11.1 Å². The number of nitrogens with zero attached hydrogens (tertiary/aromatic N) is 4. The van der Waals surface area contributed by atoms with Gasteiger partial charge in [0.25, 0.3) is 5.56 Å². The average Bonchev–Trinajstić information content (AvgIpc) is 3.27. The molecule has 0 aliphatic carbocycles. The zero-order chi connectivity index (χ0) is 23.4. The summed E-state index contributed by atoms with van der Waals surface area (Å²) < 4.78 is 55.2. The first-order chi connectivity index (χ1) is 14.9. The molecule has 1 atom stereocenters. The number of anilines is 1. The van der Waals surface area contributed by atoms with Crippen LogP contribution in [0.1, 0.15) is 38.8 Å². The third kappa shape index (κ3) is 3.98. The maximum atomic E-state index is 13.5. The minimum atomic E-state index is -4.88. The number of amides is 1. The van der Waals surface area contributed by atoms with E-state index in [9.17, 15) is 27.2 Å². The number of alkyl halides is 3. The second-order valence-corrected chi connectivity index (χ2v) is 9.43. The van der Waals surface area contributed by atoms with E-state index in [2.05, 4.69) is 15.4 Å². The minimum Gasteiger partial charge on any atom is -0.326 e. The monoisotopic (exact) mass is 469 g/mol. The fraction of sp³-hybridized carbons (Fsp3) is 0.400. The van der Waals surface area contributed by atoms with Gasteiger partial charge in [-0.25, -0.2) is 14.1 Å². The van der Waals surface area contributed by atoms with Crippen LogP contribution in [-0.4, -0.2) is 31.0 Å². The second kappa shape index (κ2) is 7.61. The molecule has 3 aromatic rings. The van der Waals surface area contributed by atoms with Crippen molar-refractivity contribution in [1.29, 1.82) is 0 Å². The predicted octanol–water partition coefficient (Wildman–Crippen LogP) is 4.18. The summed E-state index contributed by atoms with van der Waals surface area (Å²) in [7, 11) is 0. The average molecular weight is 469 g/mol. The summed E-state index contributed by atoms with van der Waals surface area (Å²) in [4.78, 5) is 30.1. The van der Waals surface area contributed by atoms with Crippen molar-refractivity contribution in [3.8, 4) is 0 Å². The highest BCUT2D eigenvalue weighted by Gasteiger charge is 2.35. The number of aromatic nitrogens is 4. The quantitative estimate of drug-likeness (QED) is 0.460. The summed E-state index contributed by atoms with van der Waals surface area (Å²) in [5, 5.41) is 7.40. The van der Waals surface area contributed by atoms with Gasteiger partial charge in [-0.3, -0.25) is 14.2 Å². The van der Waals surface area contributed by atoms with Gasteiger partial charge in [0.1, 0.15) is 11.2 Å². The van der Waals surface area contributed by atoms with E-state index in [-0.39, 0.29) is 23.2 Å². The number of rotatable bonds is 3. The van der Waals surface area contributed by atoms with Crippen LogP contribution < -0.4 is 10.9 Å². The van der Waals surface area contributed by atoms with E-state index in [1.54, 1.807) is 4.68 Å². The molecular formula is C20H19F4N5O2S. The Morgan fingerprint density at radius 2 is 2.00 bits per heavy atom. The Labute approximate surface area is 183 Å². The van der Waals surface area contributed by atoms with Crippen LogP contribution in [0, 0.1) is 5.82 Å². The highest BCUT2D eigenvalue weighted by molar-refractivity contribution is 7.99. The molecule has 0 radical (unpaired) electrons.